The van der Waals surface area contributed by atoms with Crippen LogP contribution in [-0.2, 0) is 0 Å². The minimum absolute atomic E-state index is 0.0426. The fourth-order valence-corrected chi connectivity index (χ4v) is 1.94. The lowest BCUT2D eigenvalue weighted by atomic mass is 10.2. The first-order valence-corrected chi connectivity index (χ1v) is 5.42. The van der Waals surface area contributed by atoms with Crippen LogP contribution in [0.15, 0.2) is 36.5 Å². The van der Waals surface area contributed by atoms with E-state index in [1.807, 2.05) is 0 Å². The Balaban J connectivity index is 2.11. The number of fused-ring (bicyclic) bond motifs is 1. The lowest BCUT2D eigenvalue weighted by Crippen LogP contribution is -2.29. The third-order valence-corrected chi connectivity index (χ3v) is 2.84. The predicted octanol–water partition coefficient (Wildman–Crippen LogP) is 1.73. The van der Waals surface area contributed by atoms with E-state index in [0.717, 1.165) is 17.0 Å². The van der Waals surface area contributed by atoms with Gasteiger partial charge >= 0.3 is 0 Å². The van der Waals surface area contributed by atoms with E-state index in [4.69, 9.17) is 5.11 Å². The number of imide groups is 1. The molecular formula is C13H7FN2O3. The van der Waals surface area contributed by atoms with E-state index in [0.29, 0.717) is 0 Å². The number of amides is 2. The predicted molar refractivity (Wildman–Crippen MR) is 63.4 cm³/mol. The zero-order valence-electron chi connectivity index (χ0n) is 9.50. The summed E-state index contributed by atoms with van der Waals surface area (Å²) in [5.74, 6) is -2.61. The number of benzene rings is 1. The number of phenols is 1. The Morgan fingerprint density at radius 1 is 1.16 bits per heavy atom. The molecule has 0 radical (unpaired) electrons. The summed E-state index contributed by atoms with van der Waals surface area (Å²) in [5, 5.41) is 9.12. The summed E-state index contributed by atoms with van der Waals surface area (Å²) in [6.45, 7) is 0. The molecule has 0 bridgehead atoms. The van der Waals surface area contributed by atoms with Gasteiger partial charge in [-0.2, -0.15) is 0 Å². The van der Waals surface area contributed by atoms with Crippen molar-refractivity contribution in [1.82, 2.24) is 4.98 Å². The van der Waals surface area contributed by atoms with Gasteiger partial charge in [-0.05, 0) is 24.3 Å². The van der Waals surface area contributed by atoms with E-state index in [9.17, 15) is 14.0 Å². The van der Waals surface area contributed by atoms with Crippen LogP contribution in [0.2, 0.25) is 0 Å². The summed E-state index contributed by atoms with van der Waals surface area (Å²) in [5.41, 5.74) is 0.283. The zero-order chi connectivity index (χ0) is 13.6. The maximum atomic E-state index is 13.3. The Kier molecular flexibility index (Phi) is 2.31. The van der Waals surface area contributed by atoms with Crippen molar-refractivity contribution in [2.24, 2.45) is 0 Å². The molecule has 0 unspecified atom stereocenters. The second-order valence-electron chi connectivity index (χ2n) is 3.98. The van der Waals surface area contributed by atoms with Gasteiger partial charge in [-0.25, -0.2) is 9.29 Å². The van der Waals surface area contributed by atoms with E-state index in [1.165, 1.54) is 18.3 Å². The van der Waals surface area contributed by atoms with Gasteiger partial charge in [0.15, 0.2) is 11.6 Å². The highest BCUT2D eigenvalue weighted by molar-refractivity contribution is 6.33. The molecule has 1 aliphatic rings. The summed E-state index contributed by atoms with van der Waals surface area (Å²) < 4.78 is 13.3. The average Bonchev–Trinajstić information content (AvgIpc) is 2.66. The third-order valence-electron chi connectivity index (χ3n) is 2.84. The van der Waals surface area contributed by atoms with Crippen molar-refractivity contribution in [3.8, 4) is 5.75 Å². The molecule has 1 N–H and O–H groups in total. The summed E-state index contributed by atoms with van der Waals surface area (Å²) in [6, 6.07) is 6.34. The van der Waals surface area contributed by atoms with Gasteiger partial charge < -0.3 is 5.11 Å². The molecule has 1 aromatic carbocycles. The fourth-order valence-electron chi connectivity index (χ4n) is 1.94. The second-order valence-corrected chi connectivity index (χ2v) is 3.98. The van der Waals surface area contributed by atoms with Gasteiger partial charge in [0.1, 0.15) is 5.69 Å². The number of nitrogens with zero attached hydrogens (tertiary/aromatic N) is 2. The molecule has 6 heteroatoms. The number of hydrogen-bond acceptors (Lipinski definition) is 4. The first kappa shape index (κ1) is 11.3. The maximum Gasteiger partial charge on any atom is 0.284 e. The number of carbonyl (C=O) groups excluding carboxylic acids is 2. The Bertz CT molecular complexity index is 680. The second kappa shape index (κ2) is 3.88. The van der Waals surface area contributed by atoms with Gasteiger partial charge in [0.2, 0.25) is 0 Å². The van der Waals surface area contributed by atoms with E-state index in [2.05, 4.69) is 4.98 Å². The number of phenolic OH excluding ortho intramolecular Hbond substituents is 1. The number of carbonyl (C=O) groups is 2. The Morgan fingerprint density at radius 2 is 1.95 bits per heavy atom. The molecule has 2 amide bonds. The average molecular weight is 258 g/mol. The van der Waals surface area contributed by atoms with Crippen molar-refractivity contribution in [3.63, 3.8) is 0 Å². The molecule has 0 atom stereocenters. The number of rotatable bonds is 1. The minimum Gasteiger partial charge on any atom is -0.505 e. The molecule has 0 spiro atoms. The largest absolute Gasteiger partial charge is 0.505 e. The first-order chi connectivity index (χ1) is 9.09. The molecule has 0 saturated heterocycles. The van der Waals surface area contributed by atoms with Crippen LogP contribution < -0.4 is 4.90 Å². The smallest absolute Gasteiger partial charge is 0.284 e. The van der Waals surface area contributed by atoms with Crippen LogP contribution in [0.1, 0.15) is 20.8 Å². The van der Waals surface area contributed by atoms with Crippen LogP contribution >= 0.6 is 0 Å². The fraction of sp³-hybridized carbons (Fsp3) is 0. The van der Waals surface area contributed by atoms with Gasteiger partial charge in [-0.1, -0.05) is 0 Å². The van der Waals surface area contributed by atoms with E-state index in [1.54, 1.807) is 6.07 Å². The van der Waals surface area contributed by atoms with Gasteiger partial charge in [0.25, 0.3) is 11.8 Å². The van der Waals surface area contributed by atoms with Crippen LogP contribution in [0.4, 0.5) is 10.1 Å². The summed E-state index contributed by atoms with van der Waals surface area (Å²) in [4.78, 5) is 28.8. The summed E-state index contributed by atoms with van der Waals surface area (Å²) >= 11 is 0. The number of halogens is 1. The Hall–Kier alpha value is -2.76. The highest BCUT2D eigenvalue weighted by Crippen LogP contribution is 2.29. The Labute approximate surface area is 106 Å². The van der Waals surface area contributed by atoms with E-state index < -0.39 is 23.4 Å². The molecule has 0 fully saturated rings. The van der Waals surface area contributed by atoms with Crippen LogP contribution in [0.5, 0.6) is 5.75 Å². The van der Waals surface area contributed by atoms with Crippen LogP contribution in [-0.4, -0.2) is 21.9 Å². The van der Waals surface area contributed by atoms with Crippen molar-refractivity contribution >= 4 is 17.5 Å². The van der Waals surface area contributed by atoms with Crippen LogP contribution in [0.25, 0.3) is 0 Å². The first-order valence-electron chi connectivity index (χ1n) is 5.42. The lowest BCUT2D eigenvalue weighted by Gasteiger charge is -2.13. The highest BCUT2D eigenvalue weighted by Gasteiger charge is 2.37. The molecule has 2 aromatic rings. The van der Waals surface area contributed by atoms with Crippen molar-refractivity contribution in [2.75, 3.05) is 4.90 Å². The van der Waals surface area contributed by atoms with Crippen molar-refractivity contribution in [1.29, 1.82) is 0 Å². The number of pyridine rings is 1. The number of aromatic nitrogens is 1. The number of aromatic hydroxyl groups is 1. The number of anilines is 1. The quantitative estimate of drug-likeness (QED) is 0.791. The molecule has 0 aliphatic carbocycles. The van der Waals surface area contributed by atoms with Crippen LogP contribution in [0.3, 0.4) is 0 Å². The highest BCUT2D eigenvalue weighted by atomic mass is 19.1. The van der Waals surface area contributed by atoms with Crippen LogP contribution in [0, 0.1) is 5.82 Å². The lowest BCUT2D eigenvalue weighted by molar-refractivity contribution is 0.0924. The minimum atomic E-state index is -0.901. The molecular weight excluding hydrogens is 251 g/mol. The molecule has 3 rings (SSSR count). The molecule has 1 aromatic heterocycles. The van der Waals surface area contributed by atoms with Gasteiger partial charge in [0, 0.05) is 12.3 Å². The molecule has 94 valence electrons. The molecule has 5 nitrogen and oxygen atoms in total. The van der Waals surface area contributed by atoms with Gasteiger partial charge in [-0.15, -0.1) is 0 Å². The summed E-state index contributed by atoms with van der Waals surface area (Å²) in [7, 11) is 0. The maximum absolute atomic E-state index is 13.3. The third kappa shape index (κ3) is 1.57. The topological polar surface area (TPSA) is 70.5 Å². The molecule has 0 saturated carbocycles. The van der Waals surface area contributed by atoms with E-state index in [-0.39, 0.29) is 16.9 Å². The summed E-state index contributed by atoms with van der Waals surface area (Å²) in [6.07, 6.45) is 1.41. The molecule has 2 heterocycles. The zero-order valence-corrected chi connectivity index (χ0v) is 9.50. The SMILES string of the molecule is O=C1c2cccnc2C(=O)N1c1ccc(O)c(F)c1. The monoisotopic (exact) mass is 258 g/mol. The molecule has 1 aliphatic heterocycles. The van der Waals surface area contributed by atoms with Gasteiger partial charge in [-0.3, -0.25) is 14.6 Å². The van der Waals surface area contributed by atoms with Crippen molar-refractivity contribution < 1.29 is 19.1 Å². The normalized spacial score (nSPS) is 13.8. The standard InChI is InChI=1S/C13H7FN2O3/c14-9-6-7(3-4-10(9)17)16-12(18)8-2-1-5-15-11(8)13(16)19/h1-6,17H. The number of hydrogen-bond donors (Lipinski definition) is 1. The van der Waals surface area contributed by atoms with Crippen molar-refractivity contribution in [3.05, 3.63) is 53.6 Å². The van der Waals surface area contributed by atoms with E-state index >= 15 is 0 Å². The molecule has 19 heavy (non-hydrogen) atoms. The van der Waals surface area contributed by atoms with Gasteiger partial charge in [0.05, 0.1) is 11.3 Å². The van der Waals surface area contributed by atoms with Crippen molar-refractivity contribution in [2.45, 2.75) is 0 Å². The Morgan fingerprint density at radius 3 is 2.63 bits per heavy atom.